The van der Waals surface area contributed by atoms with Gasteiger partial charge in [0.05, 0.1) is 6.61 Å². The molecule has 0 spiro atoms. The standard InChI is InChI=1S/C10H19NO/c1-8-3-2-5-11-10(8)9-4-6-12-7-9/h8-11H,2-7H2,1H3. The second-order valence-corrected chi connectivity index (χ2v) is 4.22. The van der Waals surface area contributed by atoms with Crippen LogP contribution in [0.1, 0.15) is 26.2 Å². The lowest BCUT2D eigenvalue weighted by atomic mass is 9.83. The highest BCUT2D eigenvalue weighted by Crippen LogP contribution is 2.26. The minimum Gasteiger partial charge on any atom is -0.381 e. The second kappa shape index (κ2) is 3.75. The molecule has 3 atom stereocenters. The van der Waals surface area contributed by atoms with Crippen LogP contribution < -0.4 is 5.32 Å². The summed E-state index contributed by atoms with van der Waals surface area (Å²) in [4.78, 5) is 0. The van der Waals surface area contributed by atoms with Gasteiger partial charge in [0, 0.05) is 18.6 Å². The number of rotatable bonds is 1. The Morgan fingerprint density at radius 1 is 1.33 bits per heavy atom. The van der Waals surface area contributed by atoms with Crippen LogP contribution in [0.3, 0.4) is 0 Å². The molecule has 2 saturated heterocycles. The molecular weight excluding hydrogens is 150 g/mol. The lowest BCUT2D eigenvalue weighted by molar-refractivity contribution is 0.156. The number of nitrogens with one attached hydrogen (secondary N) is 1. The molecule has 0 bridgehead atoms. The Labute approximate surface area is 74.7 Å². The molecule has 0 aromatic carbocycles. The summed E-state index contributed by atoms with van der Waals surface area (Å²) in [6, 6.07) is 0.737. The first-order valence-corrected chi connectivity index (χ1v) is 5.19. The van der Waals surface area contributed by atoms with E-state index in [0.717, 1.165) is 31.1 Å². The SMILES string of the molecule is CC1CCCNC1C1CCOC1. The van der Waals surface area contributed by atoms with Crippen molar-refractivity contribution in [3.63, 3.8) is 0 Å². The molecule has 12 heavy (non-hydrogen) atoms. The van der Waals surface area contributed by atoms with E-state index in [-0.39, 0.29) is 0 Å². The normalized spacial score (nSPS) is 43.2. The van der Waals surface area contributed by atoms with Gasteiger partial charge in [0.2, 0.25) is 0 Å². The van der Waals surface area contributed by atoms with E-state index < -0.39 is 0 Å². The summed E-state index contributed by atoms with van der Waals surface area (Å²) in [5.41, 5.74) is 0. The highest BCUT2D eigenvalue weighted by Gasteiger charge is 2.30. The molecule has 2 heterocycles. The van der Waals surface area contributed by atoms with Crippen molar-refractivity contribution in [1.29, 1.82) is 0 Å². The predicted molar refractivity (Wildman–Crippen MR) is 49.1 cm³/mol. The maximum atomic E-state index is 5.42. The molecule has 0 aromatic rings. The van der Waals surface area contributed by atoms with Crippen LogP contribution in [-0.4, -0.2) is 25.8 Å². The summed E-state index contributed by atoms with van der Waals surface area (Å²) >= 11 is 0. The molecule has 70 valence electrons. The van der Waals surface area contributed by atoms with E-state index in [1.807, 2.05) is 0 Å². The third kappa shape index (κ3) is 1.64. The van der Waals surface area contributed by atoms with Crippen molar-refractivity contribution in [1.82, 2.24) is 5.32 Å². The summed E-state index contributed by atoms with van der Waals surface area (Å²) in [7, 11) is 0. The van der Waals surface area contributed by atoms with Gasteiger partial charge < -0.3 is 10.1 Å². The maximum absolute atomic E-state index is 5.42. The Morgan fingerprint density at radius 3 is 2.92 bits per heavy atom. The molecule has 2 nitrogen and oxygen atoms in total. The Morgan fingerprint density at radius 2 is 2.25 bits per heavy atom. The fourth-order valence-electron chi connectivity index (χ4n) is 2.54. The Kier molecular flexibility index (Phi) is 2.66. The molecule has 0 aromatic heterocycles. The van der Waals surface area contributed by atoms with Gasteiger partial charge in [-0.2, -0.15) is 0 Å². The zero-order valence-electron chi connectivity index (χ0n) is 7.88. The van der Waals surface area contributed by atoms with Gasteiger partial charge in [-0.1, -0.05) is 6.92 Å². The minimum atomic E-state index is 0.737. The van der Waals surface area contributed by atoms with Crippen molar-refractivity contribution in [2.24, 2.45) is 11.8 Å². The lowest BCUT2D eigenvalue weighted by Gasteiger charge is -2.33. The van der Waals surface area contributed by atoms with Crippen LogP contribution in [0, 0.1) is 11.8 Å². The first kappa shape index (κ1) is 8.52. The lowest BCUT2D eigenvalue weighted by Crippen LogP contribution is -2.45. The molecule has 3 unspecified atom stereocenters. The van der Waals surface area contributed by atoms with Crippen LogP contribution in [0.15, 0.2) is 0 Å². The first-order valence-electron chi connectivity index (χ1n) is 5.19. The Hall–Kier alpha value is -0.0800. The van der Waals surface area contributed by atoms with Crippen LogP contribution in [0.4, 0.5) is 0 Å². The number of hydrogen-bond donors (Lipinski definition) is 1. The monoisotopic (exact) mass is 169 g/mol. The van der Waals surface area contributed by atoms with Crippen molar-refractivity contribution < 1.29 is 4.74 Å². The Balaban J connectivity index is 1.91. The van der Waals surface area contributed by atoms with Gasteiger partial charge in [0.25, 0.3) is 0 Å². The van der Waals surface area contributed by atoms with Gasteiger partial charge in [0.15, 0.2) is 0 Å². The molecule has 2 aliphatic rings. The molecule has 0 aliphatic carbocycles. The van der Waals surface area contributed by atoms with E-state index in [1.54, 1.807) is 0 Å². The average molecular weight is 169 g/mol. The molecule has 0 radical (unpaired) electrons. The smallest absolute Gasteiger partial charge is 0.0510 e. The Bertz CT molecular complexity index is 143. The minimum absolute atomic E-state index is 0.737. The van der Waals surface area contributed by atoms with E-state index >= 15 is 0 Å². The zero-order valence-corrected chi connectivity index (χ0v) is 7.88. The van der Waals surface area contributed by atoms with Gasteiger partial charge in [-0.15, -0.1) is 0 Å². The van der Waals surface area contributed by atoms with E-state index in [4.69, 9.17) is 4.74 Å². The maximum Gasteiger partial charge on any atom is 0.0510 e. The topological polar surface area (TPSA) is 21.3 Å². The van der Waals surface area contributed by atoms with E-state index in [2.05, 4.69) is 12.2 Å². The van der Waals surface area contributed by atoms with Crippen LogP contribution >= 0.6 is 0 Å². The quantitative estimate of drug-likeness (QED) is 0.641. The van der Waals surface area contributed by atoms with Gasteiger partial charge in [-0.3, -0.25) is 0 Å². The molecule has 0 saturated carbocycles. The van der Waals surface area contributed by atoms with Gasteiger partial charge in [-0.25, -0.2) is 0 Å². The summed E-state index contributed by atoms with van der Waals surface area (Å²) in [6.45, 7) is 5.55. The van der Waals surface area contributed by atoms with Crippen molar-refractivity contribution in [2.45, 2.75) is 32.2 Å². The molecule has 2 fully saturated rings. The van der Waals surface area contributed by atoms with Crippen LogP contribution in [0.5, 0.6) is 0 Å². The summed E-state index contributed by atoms with van der Waals surface area (Å²) in [5.74, 6) is 1.64. The fraction of sp³-hybridized carbons (Fsp3) is 1.00. The van der Waals surface area contributed by atoms with Crippen molar-refractivity contribution >= 4 is 0 Å². The zero-order chi connectivity index (χ0) is 8.39. The molecule has 2 rings (SSSR count). The number of hydrogen-bond acceptors (Lipinski definition) is 2. The van der Waals surface area contributed by atoms with E-state index in [9.17, 15) is 0 Å². The van der Waals surface area contributed by atoms with Crippen molar-refractivity contribution in [3.8, 4) is 0 Å². The summed E-state index contributed by atoms with van der Waals surface area (Å²) < 4.78 is 5.42. The fourth-order valence-corrected chi connectivity index (χ4v) is 2.54. The molecule has 0 amide bonds. The molecular formula is C10H19NO. The van der Waals surface area contributed by atoms with E-state index in [1.165, 1.54) is 25.8 Å². The van der Waals surface area contributed by atoms with E-state index in [0.29, 0.717) is 0 Å². The van der Waals surface area contributed by atoms with Crippen molar-refractivity contribution in [2.75, 3.05) is 19.8 Å². The number of piperidine rings is 1. The molecule has 1 N–H and O–H groups in total. The summed E-state index contributed by atoms with van der Waals surface area (Å²) in [5, 5.41) is 3.63. The average Bonchev–Trinajstić information content (AvgIpc) is 2.57. The molecule has 2 aliphatic heterocycles. The van der Waals surface area contributed by atoms with Crippen LogP contribution in [0.25, 0.3) is 0 Å². The first-order chi connectivity index (χ1) is 5.88. The van der Waals surface area contributed by atoms with Crippen molar-refractivity contribution in [3.05, 3.63) is 0 Å². The third-order valence-corrected chi connectivity index (χ3v) is 3.30. The predicted octanol–water partition coefficient (Wildman–Crippen LogP) is 1.41. The van der Waals surface area contributed by atoms with Gasteiger partial charge in [-0.05, 0) is 31.7 Å². The van der Waals surface area contributed by atoms with Crippen LogP contribution in [0.2, 0.25) is 0 Å². The summed E-state index contributed by atoms with van der Waals surface area (Å²) in [6.07, 6.45) is 4.02. The largest absolute Gasteiger partial charge is 0.381 e. The molecule has 2 heteroatoms. The van der Waals surface area contributed by atoms with Gasteiger partial charge in [0.1, 0.15) is 0 Å². The second-order valence-electron chi connectivity index (χ2n) is 4.22. The third-order valence-electron chi connectivity index (χ3n) is 3.30. The highest BCUT2D eigenvalue weighted by molar-refractivity contribution is 4.86. The van der Waals surface area contributed by atoms with Crippen LogP contribution in [-0.2, 0) is 4.74 Å². The number of ether oxygens (including phenoxy) is 1. The van der Waals surface area contributed by atoms with Gasteiger partial charge >= 0.3 is 0 Å². The highest BCUT2D eigenvalue weighted by atomic mass is 16.5.